The molecule has 1 heterocycles. The van der Waals surface area contributed by atoms with Crippen LogP contribution in [0.1, 0.15) is 22.3 Å². The van der Waals surface area contributed by atoms with Gasteiger partial charge in [-0.05, 0) is 48.7 Å². The summed E-state index contributed by atoms with van der Waals surface area (Å²) in [4.78, 5) is 23.3. The van der Waals surface area contributed by atoms with Crippen LogP contribution in [0.2, 0.25) is 0 Å². The first-order chi connectivity index (χ1) is 11.1. The lowest BCUT2D eigenvalue weighted by atomic mass is 10.0. The van der Waals surface area contributed by atoms with Gasteiger partial charge in [0.25, 0.3) is 0 Å². The third-order valence-corrected chi connectivity index (χ3v) is 3.41. The third kappa shape index (κ3) is 3.42. The highest BCUT2D eigenvalue weighted by atomic mass is 16.6. The number of ether oxygens (including phenoxy) is 3. The van der Waals surface area contributed by atoms with Crippen molar-refractivity contribution >= 4 is 12.1 Å². The van der Waals surface area contributed by atoms with Gasteiger partial charge in [0.1, 0.15) is 5.75 Å². The molecule has 0 saturated carbocycles. The number of nitrogens with two attached hydrogens (primary N) is 1. The van der Waals surface area contributed by atoms with E-state index in [1.807, 2.05) is 6.07 Å². The zero-order valence-corrected chi connectivity index (χ0v) is 12.3. The normalized spacial score (nSPS) is 13.8. The van der Waals surface area contributed by atoms with E-state index in [-0.39, 0.29) is 0 Å². The molecule has 0 spiro atoms. The molecule has 0 aromatic heterocycles. The van der Waals surface area contributed by atoms with E-state index in [1.165, 1.54) is 6.07 Å². The van der Waals surface area contributed by atoms with Gasteiger partial charge in [0, 0.05) is 0 Å². The number of primary amides is 1. The molecule has 2 aromatic carbocycles. The molecule has 0 fully saturated rings. The van der Waals surface area contributed by atoms with Crippen molar-refractivity contribution in [2.24, 2.45) is 5.73 Å². The lowest BCUT2D eigenvalue weighted by Crippen LogP contribution is -2.18. The summed E-state index contributed by atoms with van der Waals surface area (Å²) < 4.78 is 15.9. The smallest absolute Gasteiger partial charge is 0.409 e. The van der Waals surface area contributed by atoms with Gasteiger partial charge in [-0.25, -0.2) is 9.59 Å². The van der Waals surface area contributed by atoms with E-state index in [2.05, 4.69) is 0 Å². The van der Waals surface area contributed by atoms with Crippen molar-refractivity contribution in [2.75, 3.05) is 6.61 Å². The number of para-hydroxylation sites is 2. The number of rotatable bonds is 1. The van der Waals surface area contributed by atoms with E-state index >= 15 is 0 Å². The number of hydrogen-bond donors (Lipinski definition) is 1. The van der Waals surface area contributed by atoms with Crippen molar-refractivity contribution in [3.05, 3.63) is 53.6 Å². The maximum Gasteiger partial charge on any atom is 0.409 e. The molecule has 0 radical (unpaired) electrons. The first-order valence-electron chi connectivity index (χ1n) is 7.18. The van der Waals surface area contributed by atoms with Gasteiger partial charge in [-0.3, -0.25) is 0 Å². The summed E-state index contributed by atoms with van der Waals surface area (Å²) >= 11 is 0. The lowest BCUT2D eigenvalue weighted by Gasteiger charge is -2.16. The quantitative estimate of drug-likeness (QED) is 0.646. The highest BCUT2D eigenvalue weighted by Crippen LogP contribution is 2.29. The number of carbonyl (C=O) groups excluding carboxylic acids is 2. The molecule has 0 bridgehead atoms. The SMILES string of the molecule is NC(=O)Oc1ccc2c(c1)CCCOc1ccccc1OC2=O. The van der Waals surface area contributed by atoms with Gasteiger partial charge < -0.3 is 19.9 Å². The first-order valence-corrected chi connectivity index (χ1v) is 7.18. The molecule has 6 nitrogen and oxygen atoms in total. The Hall–Kier alpha value is -3.02. The molecule has 1 aliphatic heterocycles. The summed E-state index contributed by atoms with van der Waals surface area (Å²) in [5.41, 5.74) is 6.16. The van der Waals surface area contributed by atoms with E-state index in [9.17, 15) is 9.59 Å². The average Bonchev–Trinajstić information content (AvgIpc) is 2.52. The highest BCUT2D eigenvalue weighted by Gasteiger charge is 2.18. The van der Waals surface area contributed by atoms with Gasteiger partial charge in [0.15, 0.2) is 11.5 Å². The van der Waals surface area contributed by atoms with E-state index in [4.69, 9.17) is 19.9 Å². The largest absolute Gasteiger partial charge is 0.490 e. The topological polar surface area (TPSA) is 87.9 Å². The number of hydrogen-bond acceptors (Lipinski definition) is 5. The second-order valence-corrected chi connectivity index (χ2v) is 5.03. The molecule has 2 aromatic rings. The molecule has 118 valence electrons. The van der Waals surface area contributed by atoms with Crippen LogP contribution in [0, 0.1) is 0 Å². The minimum Gasteiger partial charge on any atom is -0.490 e. The van der Waals surface area contributed by atoms with Gasteiger partial charge >= 0.3 is 12.1 Å². The molecular weight excluding hydrogens is 298 g/mol. The Kier molecular flexibility index (Phi) is 4.14. The standard InChI is InChI=1S/C17H15NO5/c18-17(20)22-12-7-8-13-11(10-12)4-3-9-21-14-5-1-2-6-15(14)23-16(13)19/h1-2,5-8,10H,3-4,9H2,(H2,18,20). The van der Waals surface area contributed by atoms with Crippen molar-refractivity contribution < 1.29 is 23.8 Å². The fourth-order valence-electron chi connectivity index (χ4n) is 2.41. The molecule has 1 aliphatic rings. The summed E-state index contributed by atoms with van der Waals surface area (Å²) in [6, 6.07) is 11.7. The molecule has 3 rings (SSSR count). The van der Waals surface area contributed by atoms with Crippen molar-refractivity contribution in [3.63, 3.8) is 0 Å². The minimum atomic E-state index is -0.898. The Labute approximate surface area is 132 Å². The number of esters is 1. The zero-order valence-electron chi connectivity index (χ0n) is 12.3. The first kappa shape index (κ1) is 14.9. The summed E-state index contributed by atoms with van der Waals surface area (Å²) in [6.45, 7) is 0.481. The Morgan fingerprint density at radius 2 is 1.91 bits per heavy atom. The molecule has 0 unspecified atom stereocenters. The van der Waals surface area contributed by atoms with Crippen LogP contribution in [-0.2, 0) is 6.42 Å². The molecule has 0 aliphatic carbocycles. The summed E-state index contributed by atoms with van der Waals surface area (Å²) in [7, 11) is 0. The Morgan fingerprint density at radius 1 is 1.13 bits per heavy atom. The van der Waals surface area contributed by atoms with E-state index in [1.54, 1.807) is 30.3 Å². The second-order valence-electron chi connectivity index (χ2n) is 5.03. The number of benzene rings is 2. The van der Waals surface area contributed by atoms with Gasteiger partial charge in [-0.2, -0.15) is 0 Å². The molecule has 1 amide bonds. The maximum atomic E-state index is 12.4. The number of aryl methyl sites for hydroxylation is 1. The summed E-state index contributed by atoms with van der Waals surface area (Å²) in [5, 5.41) is 0. The number of amides is 1. The molecule has 6 heteroatoms. The molecular formula is C17H15NO5. The summed E-state index contributed by atoms with van der Waals surface area (Å²) in [6.07, 6.45) is 0.390. The van der Waals surface area contributed by atoms with Crippen LogP contribution >= 0.6 is 0 Å². The monoisotopic (exact) mass is 313 g/mol. The Balaban J connectivity index is 1.95. The van der Waals surface area contributed by atoms with Gasteiger partial charge in [0.05, 0.1) is 12.2 Å². The van der Waals surface area contributed by atoms with Crippen molar-refractivity contribution in [2.45, 2.75) is 12.8 Å². The molecule has 2 N–H and O–H groups in total. The fourth-order valence-corrected chi connectivity index (χ4v) is 2.41. The Bertz CT molecular complexity index is 756. The van der Waals surface area contributed by atoms with Crippen LogP contribution in [0.25, 0.3) is 0 Å². The lowest BCUT2D eigenvalue weighted by molar-refractivity contribution is 0.0725. The fraction of sp³-hybridized carbons (Fsp3) is 0.176. The van der Waals surface area contributed by atoms with Gasteiger partial charge in [-0.1, -0.05) is 12.1 Å². The summed E-state index contributed by atoms with van der Waals surface area (Å²) in [5.74, 6) is 0.729. The van der Waals surface area contributed by atoms with Crippen LogP contribution < -0.4 is 19.9 Å². The van der Waals surface area contributed by atoms with Gasteiger partial charge in [-0.15, -0.1) is 0 Å². The van der Waals surface area contributed by atoms with Crippen molar-refractivity contribution in [3.8, 4) is 17.2 Å². The third-order valence-electron chi connectivity index (χ3n) is 3.41. The van der Waals surface area contributed by atoms with Crippen LogP contribution in [0.15, 0.2) is 42.5 Å². The van der Waals surface area contributed by atoms with Crippen LogP contribution in [-0.4, -0.2) is 18.7 Å². The predicted octanol–water partition coefficient (Wildman–Crippen LogP) is 2.69. The van der Waals surface area contributed by atoms with Gasteiger partial charge in [0.2, 0.25) is 0 Å². The van der Waals surface area contributed by atoms with Crippen LogP contribution in [0.4, 0.5) is 4.79 Å². The molecule has 0 saturated heterocycles. The number of carbonyl (C=O) groups is 2. The van der Waals surface area contributed by atoms with E-state index in [0.29, 0.717) is 42.3 Å². The van der Waals surface area contributed by atoms with Crippen LogP contribution in [0.3, 0.4) is 0 Å². The van der Waals surface area contributed by atoms with Crippen molar-refractivity contribution in [1.82, 2.24) is 0 Å². The van der Waals surface area contributed by atoms with E-state index in [0.717, 1.165) is 5.56 Å². The van der Waals surface area contributed by atoms with Crippen molar-refractivity contribution in [1.29, 1.82) is 0 Å². The molecule has 23 heavy (non-hydrogen) atoms. The zero-order chi connectivity index (χ0) is 16.2. The highest BCUT2D eigenvalue weighted by molar-refractivity contribution is 5.93. The second kappa shape index (κ2) is 6.39. The minimum absolute atomic E-state index is 0.294. The number of fused-ring (bicyclic) bond motifs is 2. The maximum absolute atomic E-state index is 12.4. The Morgan fingerprint density at radius 3 is 2.70 bits per heavy atom. The van der Waals surface area contributed by atoms with Crippen LogP contribution in [0.5, 0.6) is 17.2 Å². The average molecular weight is 313 g/mol. The molecule has 0 atom stereocenters. The van der Waals surface area contributed by atoms with E-state index < -0.39 is 12.1 Å². The predicted molar refractivity (Wildman–Crippen MR) is 81.9 cm³/mol.